The first-order chi connectivity index (χ1) is 4.31. The fourth-order valence-corrected chi connectivity index (χ4v) is 0.399. The Labute approximate surface area is 54.2 Å². The van der Waals surface area contributed by atoms with Crippen LogP contribution < -0.4 is 10.8 Å². The lowest BCUT2D eigenvalue weighted by molar-refractivity contribution is -0.121. The summed E-state index contributed by atoms with van der Waals surface area (Å²) in [5.41, 5.74) is 1.76. The minimum atomic E-state index is -0.181. The Kier molecular flexibility index (Phi) is 5.15. The zero-order chi connectivity index (χ0) is 7.11. The SMILES string of the molecule is CCCNC(=O)CNO. The van der Waals surface area contributed by atoms with Gasteiger partial charge in [0.05, 0.1) is 6.54 Å². The third kappa shape index (κ3) is 5.26. The zero-order valence-corrected chi connectivity index (χ0v) is 5.48. The highest BCUT2D eigenvalue weighted by atomic mass is 16.5. The highest BCUT2D eigenvalue weighted by molar-refractivity contribution is 5.77. The van der Waals surface area contributed by atoms with Gasteiger partial charge in [0, 0.05) is 6.54 Å². The van der Waals surface area contributed by atoms with Crippen molar-refractivity contribution in [1.29, 1.82) is 0 Å². The van der Waals surface area contributed by atoms with Crippen molar-refractivity contribution >= 4 is 5.91 Å². The maximum absolute atomic E-state index is 10.5. The van der Waals surface area contributed by atoms with E-state index >= 15 is 0 Å². The summed E-state index contributed by atoms with van der Waals surface area (Å²) in [6, 6.07) is 0. The molecule has 4 nitrogen and oxygen atoms in total. The Bertz CT molecular complexity index is 85.0. The summed E-state index contributed by atoms with van der Waals surface area (Å²) in [7, 11) is 0. The van der Waals surface area contributed by atoms with E-state index in [-0.39, 0.29) is 12.5 Å². The molecule has 0 radical (unpaired) electrons. The molecule has 0 bridgehead atoms. The number of hydrogen-bond acceptors (Lipinski definition) is 3. The van der Waals surface area contributed by atoms with E-state index in [0.29, 0.717) is 6.54 Å². The van der Waals surface area contributed by atoms with Crippen molar-refractivity contribution < 1.29 is 10.0 Å². The first-order valence-electron chi connectivity index (χ1n) is 2.95. The molecule has 9 heavy (non-hydrogen) atoms. The average Bonchev–Trinajstić information content (AvgIpc) is 1.85. The monoisotopic (exact) mass is 132 g/mol. The van der Waals surface area contributed by atoms with Crippen LogP contribution in [0.3, 0.4) is 0 Å². The molecular weight excluding hydrogens is 120 g/mol. The van der Waals surface area contributed by atoms with Crippen molar-refractivity contribution in [2.75, 3.05) is 13.1 Å². The maximum atomic E-state index is 10.5. The second-order valence-electron chi connectivity index (χ2n) is 1.68. The van der Waals surface area contributed by atoms with Gasteiger partial charge in [0.15, 0.2) is 0 Å². The van der Waals surface area contributed by atoms with Gasteiger partial charge in [-0.3, -0.25) is 4.79 Å². The van der Waals surface area contributed by atoms with Crippen LogP contribution in [-0.2, 0) is 4.79 Å². The summed E-state index contributed by atoms with van der Waals surface area (Å²) >= 11 is 0. The molecule has 0 rings (SSSR count). The number of hydroxylamine groups is 1. The van der Waals surface area contributed by atoms with E-state index < -0.39 is 0 Å². The first kappa shape index (κ1) is 8.39. The van der Waals surface area contributed by atoms with Gasteiger partial charge in [-0.05, 0) is 6.42 Å². The van der Waals surface area contributed by atoms with E-state index in [9.17, 15) is 4.79 Å². The summed E-state index contributed by atoms with van der Waals surface area (Å²) in [6.45, 7) is 2.60. The normalized spacial score (nSPS) is 9.11. The fourth-order valence-electron chi connectivity index (χ4n) is 0.399. The van der Waals surface area contributed by atoms with Crippen LogP contribution in [0.1, 0.15) is 13.3 Å². The van der Waals surface area contributed by atoms with Gasteiger partial charge in [0.25, 0.3) is 0 Å². The molecule has 0 aliphatic carbocycles. The van der Waals surface area contributed by atoms with Gasteiger partial charge < -0.3 is 10.5 Å². The van der Waals surface area contributed by atoms with Crippen molar-refractivity contribution in [2.24, 2.45) is 0 Å². The van der Waals surface area contributed by atoms with Gasteiger partial charge in [-0.1, -0.05) is 6.92 Å². The summed E-state index contributed by atoms with van der Waals surface area (Å²) in [5.74, 6) is -0.181. The number of nitrogens with one attached hydrogen (secondary N) is 2. The molecular formula is C5H12N2O2. The molecule has 1 amide bonds. The maximum Gasteiger partial charge on any atom is 0.236 e. The molecule has 0 atom stereocenters. The van der Waals surface area contributed by atoms with Crippen LogP contribution in [0.5, 0.6) is 0 Å². The molecule has 0 saturated heterocycles. The van der Waals surface area contributed by atoms with E-state index in [2.05, 4.69) is 5.32 Å². The molecule has 4 heteroatoms. The van der Waals surface area contributed by atoms with E-state index in [4.69, 9.17) is 5.21 Å². The van der Waals surface area contributed by atoms with Crippen molar-refractivity contribution in [3.05, 3.63) is 0 Å². The molecule has 3 N–H and O–H groups in total. The Balaban J connectivity index is 3.06. The molecule has 0 saturated carbocycles. The van der Waals surface area contributed by atoms with Gasteiger partial charge in [-0.2, -0.15) is 5.48 Å². The molecule has 0 spiro atoms. The second kappa shape index (κ2) is 5.53. The van der Waals surface area contributed by atoms with Crippen LogP contribution in [0.4, 0.5) is 0 Å². The van der Waals surface area contributed by atoms with Gasteiger partial charge in [-0.15, -0.1) is 0 Å². The summed E-state index contributed by atoms with van der Waals surface area (Å²) in [4.78, 5) is 10.5. The highest BCUT2D eigenvalue weighted by Crippen LogP contribution is 1.68. The van der Waals surface area contributed by atoms with Gasteiger partial charge in [0.2, 0.25) is 5.91 Å². The van der Waals surface area contributed by atoms with Gasteiger partial charge in [-0.25, -0.2) is 0 Å². The molecule has 0 aliphatic heterocycles. The van der Waals surface area contributed by atoms with E-state index in [0.717, 1.165) is 6.42 Å². The molecule has 0 aliphatic rings. The average molecular weight is 132 g/mol. The van der Waals surface area contributed by atoms with Crippen molar-refractivity contribution in [3.63, 3.8) is 0 Å². The molecule has 0 heterocycles. The predicted octanol–water partition coefficient (Wildman–Crippen LogP) is -0.509. The Morgan fingerprint density at radius 1 is 1.67 bits per heavy atom. The Hall–Kier alpha value is -0.610. The molecule has 54 valence electrons. The van der Waals surface area contributed by atoms with Crippen LogP contribution in [0, 0.1) is 0 Å². The molecule has 0 aromatic carbocycles. The second-order valence-corrected chi connectivity index (χ2v) is 1.68. The first-order valence-corrected chi connectivity index (χ1v) is 2.95. The minimum absolute atomic E-state index is 0.0278. The third-order valence-electron chi connectivity index (χ3n) is 0.812. The molecule has 0 aromatic heterocycles. The fraction of sp³-hybridized carbons (Fsp3) is 0.800. The van der Waals surface area contributed by atoms with Crippen LogP contribution in [0.25, 0.3) is 0 Å². The molecule has 0 unspecified atom stereocenters. The molecule has 0 fully saturated rings. The zero-order valence-electron chi connectivity index (χ0n) is 5.48. The summed E-state index contributed by atoms with van der Waals surface area (Å²) in [5, 5.41) is 10.6. The Morgan fingerprint density at radius 3 is 2.78 bits per heavy atom. The third-order valence-corrected chi connectivity index (χ3v) is 0.812. The number of rotatable bonds is 4. The lowest BCUT2D eigenvalue weighted by Gasteiger charge is -1.99. The van der Waals surface area contributed by atoms with Crippen molar-refractivity contribution in [1.82, 2.24) is 10.8 Å². The van der Waals surface area contributed by atoms with Crippen molar-refractivity contribution in [3.8, 4) is 0 Å². The van der Waals surface area contributed by atoms with Gasteiger partial charge >= 0.3 is 0 Å². The summed E-state index contributed by atoms with van der Waals surface area (Å²) < 4.78 is 0. The van der Waals surface area contributed by atoms with E-state index in [1.165, 1.54) is 0 Å². The summed E-state index contributed by atoms with van der Waals surface area (Å²) in [6.07, 6.45) is 0.914. The lowest BCUT2D eigenvalue weighted by atomic mass is 10.4. The molecule has 0 aromatic rings. The largest absolute Gasteiger partial charge is 0.355 e. The predicted molar refractivity (Wildman–Crippen MR) is 33.1 cm³/mol. The van der Waals surface area contributed by atoms with Crippen LogP contribution in [-0.4, -0.2) is 24.2 Å². The quantitative estimate of drug-likeness (QED) is 0.451. The number of carbonyl (C=O) groups excluding carboxylic acids is 1. The Morgan fingerprint density at radius 2 is 2.33 bits per heavy atom. The van der Waals surface area contributed by atoms with E-state index in [1.54, 1.807) is 5.48 Å². The van der Waals surface area contributed by atoms with Crippen LogP contribution in [0.15, 0.2) is 0 Å². The van der Waals surface area contributed by atoms with E-state index in [1.807, 2.05) is 6.92 Å². The standard InChI is InChI=1S/C5H12N2O2/c1-2-3-6-5(8)4-7-9/h7,9H,2-4H2,1H3,(H,6,8). The van der Waals surface area contributed by atoms with Crippen LogP contribution >= 0.6 is 0 Å². The van der Waals surface area contributed by atoms with Crippen molar-refractivity contribution in [2.45, 2.75) is 13.3 Å². The smallest absolute Gasteiger partial charge is 0.236 e. The highest BCUT2D eigenvalue weighted by Gasteiger charge is 1.94. The topological polar surface area (TPSA) is 61.4 Å². The number of hydrogen-bond donors (Lipinski definition) is 3. The minimum Gasteiger partial charge on any atom is -0.355 e. The number of amides is 1. The number of carbonyl (C=O) groups is 1. The van der Waals surface area contributed by atoms with Crippen LogP contribution in [0.2, 0.25) is 0 Å². The van der Waals surface area contributed by atoms with Gasteiger partial charge in [0.1, 0.15) is 0 Å². The lowest BCUT2D eigenvalue weighted by Crippen LogP contribution is -2.32.